The Labute approximate surface area is 184 Å². The number of benzene rings is 2. The highest BCUT2D eigenvalue weighted by Crippen LogP contribution is 2.19. The zero-order valence-corrected chi connectivity index (χ0v) is 18.1. The molecular weight excluding hydrogens is 386 g/mol. The van der Waals surface area contributed by atoms with Gasteiger partial charge in [-0.1, -0.05) is 42.5 Å². The molecule has 2 N–H and O–H groups in total. The van der Waals surface area contributed by atoms with E-state index in [9.17, 15) is 0 Å². The monoisotopic (exact) mass is 417 g/mol. The van der Waals surface area contributed by atoms with E-state index in [1.54, 1.807) is 11.0 Å². The third-order valence-corrected chi connectivity index (χ3v) is 5.62. The van der Waals surface area contributed by atoms with Crippen molar-refractivity contribution in [2.24, 2.45) is 4.99 Å². The van der Waals surface area contributed by atoms with Gasteiger partial charge in [0.2, 0.25) is 0 Å². The van der Waals surface area contributed by atoms with Crippen molar-refractivity contribution in [3.8, 4) is 5.69 Å². The lowest BCUT2D eigenvalue weighted by molar-refractivity contribution is 0.245. The van der Waals surface area contributed by atoms with Crippen LogP contribution in [0.25, 0.3) is 5.69 Å². The summed E-state index contributed by atoms with van der Waals surface area (Å²) in [5, 5.41) is 11.1. The van der Waals surface area contributed by atoms with Gasteiger partial charge in [-0.25, -0.2) is 14.7 Å². The van der Waals surface area contributed by atoms with Gasteiger partial charge in [0.15, 0.2) is 5.96 Å². The molecule has 1 saturated heterocycles. The molecule has 2 heterocycles. The van der Waals surface area contributed by atoms with Gasteiger partial charge in [0.25, 0.3) is 0 Å². The fourth-order valence-corrected chi connectivity index (χ4v) is 3.97. The molecule has 0 aliphatic carbocycles. The molecule has 0 saturated carbocycles. The third kappa shape index (κ3) is 5.92. The van der Waals surface area contributed by atoms with E-state index in [0.717, 1.165) is 43.4 Å². The van der Waals surface area contributed by atoms with Crippen LogP contribution in [0.4, 0.5) is 0 Å². The van der Waals surface area contributed by atoms with Crippen molar-refractivity contribution in [2.45, 2.75) is 38.9 Å². The van der Waals surface area contributed by atoms with Gasteiger partial charge in [0, 0.05) is 25.7 Å². The summed E-state index contributed by atoms with van der Waals surface area (Å²) in [5.74, 6) is 0.870. The Morgan fingerprint density at radius 3 is 2.65 bits per heavy atom. The summed E-state index contributed by atoms with van der Waals surface area (Å²) >= 11 is 0. The zero-order valence-electron chi connectivity index (χ0n) is 18.1. The minimum atomic E-state index is 0.533. The SMILES string of the molecule is CCNC(=NCc1ccc(-n2cncn2)cc1)NCC1CCCN1Cc1ccccc1. The molecule has 1 atom stereocenters. The first kappa shape index (κ1) is 21.1. The van der Waals surface area contributed by atoms with Crippen LogP contribution >= 0.6 is 0 Å². The maximum atomic E-state index is 4.79. The lowest BCUT2D eigenvalue weighted by atomic mass is 10.2. The minimum absolute atomic E-state index is 0.533. The van der Waals surface area contributed by atoms with Crippen molar-refractivity contribution in [1.82, 2.24) is 30.3 Å². The smallest absolute Gasteiger partial charge is 0.191 e. The van der Waals surface area contributed by atoms with E-state index in [0.29, 0.717) is 12.6 Å². The first-order chi connectivity index (χ1) is 15.3. The van der Waals surface area contributed by atoms with E-state index in [2.05, 4.69) is 75.0 Å². The number of likely N-dealkylation sites (tertiary alicyclic amines) is 1. The lowest BCUT2D eigenvalue weighted by Gasteiger charge is -2.25. The second-order valence-corrected chi connectivity index (χ2v) is 7.83. The standard InChI is InChI=1S/C24H31N7/c1-2-26-24(27-15-20-10-12-22(13-11-20)31-19-25-18-29-31)28-16-23-9-6-14-30(23)17-21-7-4-3-5-8-21/h3-5,7-8,10-13,18-19,23H,2,6,9,14-17H2,1H3,(H2,26,27,28). The van der Waals surface area contributed by atoms with Crippen molar-refractivity contribution in [3.05, 3.63) is 78.4 Å². The average Bonchev–Trinajstić information content (AvgIpc) is 3.49. The Kier molecular flexibility index (Phi) is 7.28. The Morgan fingerprint density at radius 2 is 1.90 bits per heavy atom. The predicted octanol–water partition coefficient (Wildman–Crippen LogP) is 2.99. The van der Waals surface area contributed by atoms with Crippen LogP contribution in [-0.4, -0.2) is 51.3 Å². The molecule has 1 unspecified atom stereocenters. The molecule has 0 radical (unpaired) electrons. The van der Waals surface area contributed by atoms with E-state index in [1.807, 2.05) is 12.1 Å². The lowest BCUT2D eigenvalue weighted by Crippen LogP contribution is -2.44. The van der Waals surface area contributed by atoms with Crippen molar-refractivity contribution in [1.29, 1.82) is 0 Å². The summed E-state index contributed by atoms with van der Waals surface area (Å²) in [6, 6.07) is 19.5. The molecule has 1 aromatic heterocycles. The number of rotatable bonds is 8. The molecule has 31 heavy (non-hydrogen) atoms. The van der Waals surface area contributed by atoms with Gasteiger partial charge < -0.3 is 10.6 Å². The van der Waals surface area contributed by atoms with E-state index in [-0.39, 0.29) is 0 Å². The van der Waals surface area contributed by atoms with Crippen LogP contribution in [0, 0.1) is 0 Å². The maximum absolute atomic E-state index is 4.79. The molecular formula is C24H31N7. The fourth-order valence-electron chi connectivity index (χ4n) is 3.97. The van der Waals surface area contributed by atoms with Gasteiger partial charge in [-0.2, -0.15) is 5.10 Å². The first-order valence-corrected chi connectivity index (χ1v) is 11.1. The number of hydrogen-bond acceptors (Lipinski definition) is 4. The molecule has 3 aromatic rings. The second kappa shape index (κ2) is 10.7. The number of aliphatic imine (C=N–C) groups is 1. The minimum Gasteiger partial charge on any atom is -0.357 e. The van der Waals surface area contributed by atoms with Crippen molar-refractivity contribution in [3.63, 3.8) is 0 Å². The van der Waals surface area contributed by atoms with Crippen LogP contribution in [0.2, 0.25) is 0 Å². The Bertz CT molecular complexity index is 936. The molecule has 7 heteroatoms. The van der Waals surface area contributed by atoms with Crippen LogP contribution in [0.1, 0.15) is 30.9 Å². The van der Waals surface area contributed by atoms with Gasteiger partial charge in [0.1, 0.15) is 12.7 Å². The molecule has 2 aromatic carbocycles. The predicted molar refractivity (Wildman–Crippen MR) is 124 cm³/mol. The molecule has 1 fully saturated rings. The number of aromatic nitrogens is 3. The van der Waals surface area contributed by atoms with Crippen LogP contribution in [0.15, 0.2) is 72.2 Å². The largest absolute Gasteiger partial charge is 0.357 e. The third-order valence-electron chi connectivity index (χ3n) is 5.62. The Morgan fingerprint density at radius 1 is 1.06 bits per heavy atom. The molecule has 1 aliphatic heterocycles. The van der Waals surface area contributed by atoms with Crippen LogP contribution in [0.3, 0.4) is 0 Å². The van der Waals surface area contributed by atoms with E-state index < -0.39 is 0 Å². The highest BCUT2D eigenvalue weighted by atomic mass is 15.3. The summed E-state index contributed by atoms with van der Waals surface area (Å²) in [6.45, 7) is 6.65. The molecule has 0 bridgehead atoms. The fraction of sp³-hybridized carbons (Fsp3) is 0.375. The summed E-state index contributed by atoms with van der Waals surface area (Å²) < 4.78 is 1.75. The molecule has 162 valence electrons. The topological polar surface area (TPSA) is 70.4 Å². The molecule has 0 amide bonds. The van der Waals surface area contributed by atoms with Crippen LogP contribution < -0.4 is 10.6 Å². The van der Waals surface area contributed by atoms with E-state index in [4.69, 9.17) is 4.99 Å². The molecule has 7 nitrogen and oxygen atoms in total. The molecule has 4 rings (SSSR count). The highest BCUT2D eigenvalue weighted by Gasteiger charge is 2.24. The summed E-state index contributed by atoms with van der Waals surface area (Å²) in [4.78, 5) is 11.4. The van der Waals surface area contributed by atoms with Gasteiger partial charge in [-0.05, 0) is 49.6 Å². The molecule has 0 spiro atoms. The van der Waals surface area contributed by atoms with Crippen molar-refractivity contribution in [2.75, 3.05) is 19.6 Å². The van der Waals surface area contributed by atoms with Crippen molar-refractivity contribution >= 4 is 5.96 Å². The molecule has 1 aliphatic rings. The zero-order chi connectivity index (χ0) is 21.3. The van der Waals surface area contributed by atoms with Gasteiger partial charge in [0.05, 0.1) is 12.2 Å². The van der Waals surface area contributed by atoms with Gasteiger partial charge in [-0.3, -0.25) is 4.90 Å². The van der Waals surface area contributed by atoms with E-state index >= 15 is 0 Å². The first-order valence-electron chi connectivity index (χ1n) is 11.1. The Hall–Kier alpha value is -3.19. The summed E-state index contributed by atoms with van der Waals surface area (Å²) in [6.07, 6.45) is 5.72. The quantitative estimate of drug-likeness (QED) is 0.436. The van der Waals surface area contributed by atoms with Crippen LogP contribution in [-0.2, 0) is 13.1 Å². The summed E-state index contributed by atoms with van der Waals surface area (Å²) in [7, 11) is 0. The number of nitrogens with one attached hydrogen (secondary N) is 2. The normalized spacial score (nSPS) is 17.1. The average molecular weight is 418 g/mol. The second-order valence-electron chi connectivity index (χ2n) is 7.83. The van der Waals surface area contributed by atoms with E-state index in [1.165, 1.54) is 24.7 Å². The van der Waals surface area contributed by atoms with Gasteiger partial charge >= 0.3 is 0 Å². The number of guanidine groups is 1. The summed E-state index contributed by atoms with van der Waals surface area (Å²) in [5.41, 5.74) is 3.53. The van der Waals surface area contributed by atoms with Crippen molar-refractivity contribution < 1.29 is 0 Å². The number of nitrogens with zero attached hydrogens (tertiary/aromatic N) is 5. The maximum Gasteiger partial charge on any atom is 0.191 e. The van der Waals surface area contributed by atoms with Gasteiger partial charge in [-0.15, -0.1) is 0 Å². The van der Waals surface area contributed by atoms with Crippen LogP contribution in [0.5, 0.6) is 0 Å². The number of hydrogen-bond donors (Lipinski definition) is 2. The Balaban J connectivity index is 1.32. The highest BCUT2D eigenvalue weighted by molar-refractivity contribution is 5.79.